The van der Waals surface area contributed by atoms with Gasteiger partial charge in [-0.1, -0.05) is 218 Å². The van der Waals surface area contributed by atoms with E-state index in [2.05, 4.69) is 152 Å². The Labute approximate surface area is 714 Å². The summed E-state index contributed by atoms with van der Waals surface area (Å²) in [6.07, 6.45) is 27.6. The van der Waals surface area contributed by atoms with Gasteiger partial charge in [0.1, 0.15) is 46.9 Å². The molecule has 6 aromatic carbocycles. The molecule has 14 rings (SSSR count). The fraction of sp³-hybridized carbons (Fsp3) is 0.359. The van der Waals surface area contributed by atoms with Crippen LogP contribution in [-0.2, 0) is 30.1 Å². The van der Waals surface area contributed by atoms with Crippen LogP contribution in [0.4, 0.5) is 17.6 Å². The summed E-state index contributed by atoms with van der Waals surface area (Å²) in [6.45, 7) is 18.7. The van der Waals surface area contributed by atoms with Gasteiger partial charge in [-0.15, -0.1) is 45.3 Å². The Kier molecular flexibility index (Phi) is 26.9. The van der Waals surface area contributed by atoms with Crippen molar-refractivity contribution in [1.82, 2.24) is 0 Å². The molecule has 4 aliphatic rings. The van der Waals surface area contributed by atoms with E-state index in [4.69, 9.17) is 9.47 Å². The number of carbonyl (C=O) groups is 2. The molecular weight excluding hydrogens is 1560 g/mol. The summed E-state index contributed by atoms with van der Waals surface area (Å²) in [5.74, 6) is -4.39. The molecule has 16 heteroatoms. The fourth-order valence-electron chi connectivity index (χ4n) is 18.0. The van der Waals surface area contributed by atoms with Gasteiger partial charge in [0, 0.05) is 68.1 Å². The molecule has 0 fully saturated rings. The lowest BCUT2D eigenvalue weighted by molar-refractivity contribution is 0.103. The molecule has 0 N–H and O–H groups in total. The summed E-state index contributed by atoms with van der Waals surface area (Å²) in [7, 11) is 0. The molecule has 119 heavy (non-hydrogen) atoms. The third-order valence-electron chi connectivity index (χ3n) is 24.9. The molecule has 4 aromatic heterocycles. The first-order valence-electron chi connectivity index (χ1n) is 42.8. The van der Waals surface area contributed by atoms with Crippen LogP contribution in [0.3, 0.4) is 0 Å². The molecule has 4 aliphatic carbocycles. The summed E-state index contributed by atoms with van der Waals surface area (Å²) in [6, 6.07) is 52.7. The number of nitrogens with zero attached hydrogens (tertiary/aromatic N) is 4. The van der Waals surface area contributed by atoms with E-state index >= 15 is 17.6 Å². The average Bonchev–Trinajstić information content (AvgIpc) is 1.51. The molecule has 4 heterocycles. The van der Waals surface area contributed by atoms with Crippen LogP contribution in [0.25, 0.3) is 63.7 Å². The van der Waals surface area contributed by atoms with Crippen molar-refractivity contribution in [3.8, 4) is 76.2 Å². The minimum Gasteiger partial charge on any atom is -0.492 e. The molecule has 3 atom stereocenters. The van der Waals surface area contributed by atoms with Crippen LogP contribution in [0.2, 0.25) is 0 Å². The third kappa shape index (κ3) is 16.5. The number of halogens is 4. The Bertz CT molecular complexity index is 5750. The lowest BCUT2D eigenvalue weighted by Crippen LogP contribution is -2.29. The van der Waals surface area contributed by atoms with Crippen molar-refractivity contribution >= 4 is 80.2 Å². The molecule has 0 radical (unpaired) electrons. The largest absolute Gasteiger partial charge is 0.492 e. The Morgan fingerprint density at radius 1 is 0.395 bits per heavy atom. The number of carbonyl (C=O) groups excluding carboxylic acids is 2. The van der Waals surface area contributed by atoms with Gasteiger partial charge in [0.15, 0.2) is 34.8 Å². The molecule has 8 nitrogen and oxygen atoms in total. The van der Waals surface area contributed by atoms with Crippen LogP contribution in [-0.4, -0.2) is 24.8 Å². The van der Waals surface area contributed by atoms with Gasteiger partial charge in [-0.05, 0) is 221 Å². The lowest BCUT2D eigenvalue weighted by atomic mass is 9.67. The second kappa shape index (κ2) is 37.6. The van der Waals surface area contributed by atoms with Crippen LogP contribution >= 0.6 is 45.3 Å². The summed E-state index contributed by atoms with van der Waals surface area (Å²) in [5.41, 5.74) is 10.9. The number of aryl methyl sites for hydroxylation is 3. The van der Waals surface area contributed by atoms with Crippen LogP contribution in [0.5, 0.6) is 11.5 Å². The predicted octanol–water partition coefficient (Wildman–Crippen LogP) is 29.2. The zero-order valence-electron chi connectivity index (χ0n) is 69.3. The number of unbranched alkanes of at least 4 members (excludes halogenated alkanes) is 11. The van der Waals surface area contributed by atoms with Crippen LogP contribution in [0.15, 0.2) is 156 Å². The maximum Gasteiger partial charge on any atom is 0.194 e. The zero-order valence-corrected chi connectivity index (χ0v) is 72.5. The van der Waals surface area contributed by atoms with Crippen molar-refractivity contribution in [2.24, 2.45) is 11.8 Å². The first-order chi connectivity index (χ1) is 57.8. The average molecular weight is 1660 g/mol. The van der Waals surface area contributed by atoms with E-state index < -0.39 is 56.8 Å². The third-order valence-corrected chi connectivity index (χ3v) is 29.7. The van der Waals surface area contributed by atoms with Crippen molar-refractivity contribution in [2.45, 2.75) is 214 Å². The van der Waals surface area contributed by atoms with Crippen molar-refractivity contribution in [1.29, 1.82) is 21.0 Å². The van der Waals surface area contributed by atoms with E-state index in [9.17, 15) is 30.6 Å². The zero-order chi connectivity index (χ0) is 83.8. The summed E-state index contributed by atoms with van der Waals surface area (Å²) < 4.78 is 74.9. The van der Waals surface area contributed by atoms with Crippen LogP contribution < -0.4 is 9.47 Å². The molecule has 608 valence electrons. The number of benzene rings is 6. The standard InChI is InChI=1S/C103H100F4N4O4S4/c1-9-16-21-24-29-64-32-38-69(39-33-64)102(8)82-48-79-83(49-78(82)98-84(102)54-92(118-98)100-90(114-60-62(14-6)27-19-12-4)46-72(116-100)44-80-94(67(56-108)57-109)74-50-86(104)88(106)52-76(74)96(80)112)103(70-40-34-65(35-41-70)30-25-22-17-10-2,71-42-36-66(37-43-71)31-26-23-18-11-3)85-55-93(119-99(79)85)101-91(115-61-63(15-7)28-20-13-5)47-73(117-101)45-81-95(68(58-110)59-111)75-51-87(105)89(107)53-77(75)97(81)113/h32-55,62-63H,9-31,60-61H2,1-8H3/b80-44-,81-45-. The SMILES string of the molecule is CCCCCCc1ccc(C2(C)c3cc4c(cc3-c3sc(-c5sc(/C=C6\C(=O)c7cc(F)c(F)cc7C6=C(C#N)C#N)cc5OCC(CC)CCCC)cc32)C(c2ccc(CCCCCC)cc2)(c2ccc(CCCCCC)cc2)c2cc(-c3sc(/C=C5\C(=O)c6cc(F)c(F)cc6C5=C(C#N)C#N)cc3OCC(CC)CCCC)sc2-4)cc1. The minimum atomic E-state index is -1.21. The molecule has 0 bridgehead atoms. The van der Waals surface area contributed by atoms with Crippen molar-refractivity contribution in [3.63, 3.8) is 0 Å². The number of ketones is 2. The molecule has 0 aliphatic heterocycles. The summed E-state index contributed by atoms with van der Waals surface area (Å²) in [5, 5.41) is 41.6. The highest BCUT2D eigenvalue weighted by molar-refractivity contribution is 7.25. The van der Waals surface area contributed by atoms with E-state index in [1.807, 2.05) is 36.4 Å². The topological polar surface area (TPSA) is 148 Å². The number of ether oxygens (including phenoxy) is 2. The monoisotopic (exact) mass is 1660 g/mol. The first-order valence-corrected chi connectivity index (χ1v) is 46.0. The normalized spacial score (nSPS) is 15.8. The van der Waals surface area contributed by atoms with Crippen molar-refractivity contribution < 1.29 is 36.6 Å². The van der Waals surface area contributed by atoms with E-state index in [1.54, 1.807) is 34.8 Å². The molecule has 0 saturated heterocycles. The van der Waals surface area contributed by atoms with Crippen molar-refractivity contribution in [2.75, 3.05) is 13.2 Å². The highest BCUT2D eigenvalue weighted by Crippen LogP contribution is 2.66. The van der Waals surface area contributed by atoms with Crippen LogP contribution in [0, 0.1) is 80.4 Å². The van der Waals surface area contributed by atoms with Gasteiger partial charge in [-0.2, -0.15) is 21.0 Å². The Balaban J connectivity index is 1.02. The van der Waals surface area contributed by atoms with E-state index in [1.165, 1.54) is 58.6 Å². The smallest absolute Gasteiger partial charge is 0.194 e. The number of rotatable bonds is 36. The second-order valence-electron chi connectivity index (χ2n) is 32.5. The van der Waals surface area contributed by atoms with Gasteiger partial charge in [0.2, 0.25) is 0 Å². The number of hydrogen-bond acceptors (Lipinski definition) is 12. The maximum atomic E-state index is 15.3. The first kappa shape index (κ1) is 85.1. The number of nitriles is 4. The number of allylic oxidation sites excluding steroid dienone is 6. The van der Waals surface area contributed by atoms with Gasteiger partial charge >= 0.3 is 0 Å². The highest BCUT2D eigenvalue weighted by Gasteiger charge is 2.52. The van der Waals surface area contributed by atoms with Gasteiger partial charge in [0.05, 0.1) is 28.4 Å². The molecule has 3 unspecified atom stereocenters. The number of Topliss-reactive ketones (excluding diaryl/α,β-unsaturated/α-hetero) is 2. The van der Waals surface area contributed by atoms with E-state index in [0.29, 0.717) is 34.5 Å². The molecular formula is C103H100F4N4O4S4. The Hall–Kier alpha value is -10.3. The van der Waals surface area contributed by atoms with E-state index in [-0.39, 0.29) is 56.4 Å². The minimum absolute atomic E-state index is 0.0144. The molecule has 0 spiro atoms. The lowest BCUT2D eigenvalue weighted by Gasteiger charge is -2.34. The second-order valence-corrected chi connectivity index (χ2v) is 36.8. The molecule has 10 aromatic rings. The van der Waals surface area contributed by atoms with E-state index in [0.717, 1.165) is 232 Å². The summed E-state index contributed by atoms with van der Waals surface area (Å²) >= 11 is 6.27. The quantitative estimate of drug-likeness (QED) is 0.0163. The highest BCUT2D eigenvalue weighted by atomic mass is 32.1. The number of fused-ring (bicyclic) bond motifs is 8. The number of hydrogen-bond donors (Lipinski definition) is 0. The molecule has 0 saturated carbocycles. The number of thiophene rings is 4. The van der Waals surface area contributed by atoms with Gasteiger partial charge in [-0.25, -0.2) is 17.6 Å². The predicted molar refractivity (Wildman–Crippen MR) is 478 cm³/mol. The Morgan fingerprint density at radius 2 is 0.756 bits per heavy atom. The van der Waals surface area contributed by atoms with Gasteiger partial charge in [0.25, 0.3) is 0 Å². The molecule has 0 amide bonds. The van der Waals surface area contributed by atoms with Crippen molar-refractivity contribution in [3.05, 3.63) is 267 Å². The van der Waals surface area contributed by atoms with Gasteiger partial charge < -0.3 is 9.47 Å². The Morgan fingerprint density at radius 3 is 1.14 bits per heavy atom. The summed E-state index contributed by atoms with van der Waals surface area (Å²) in [4.78, 5) is 36.1. The van der Waals surface area contributed by atoms with Crippen LogP contribution in [0.1, 0.15) is 281 Å². The maximum absolute atomic E-state index is 15.3. The fourth-order valence-corrected chi connectivity index (χ4v) is 22.9. The van der Waals surface area contributed by atoms with Gasteiger partial charge in [-0.3, -0.25) is 9.59 Å².